The molecule has 7 nitrogen and oxygen atoms in total. The normalized spacial score (nSPS) is 14.6. The summed E-state index contributed by atoms with van der Waals surface area (Å²) in [6.45, 7) is 6.43. The lowest BCUT2D eigenvalue weighted by Crippen LogP contribution is -2.48. The van der Waals surface area contributed by atoms with Crippen LogP contribution in [0.2, 0.25) is 0 Å². The van der Waals surface area contributed by atoms with Crippen LogP contribution in [0.15, 0.2) is 48.5 Å². The fourth-order valence-electron chi connectivity index (χ4n) is 3.66. The van der Waals surface area contributed by atoms with Crippen LogP contribution in [0.3, 0.4) is 0 Å². The van der Waals surface area contributed by atoms with Crippen molar-refractivity contribution in [1.29, 1.82) is 0 Å². The van der Waals surface area contributed by atoms with Crippen molar-refractivity contribution in [3.05, 3.63) is 71.6 Å². The number of aromatic nitrogens is 3. The highest BCUT2D eigenvalue weighted by molar-refractivity contribution is 5.93. The Hall–Kier alpha value is -3.33. The van der Waals surface area contributed by atoms with Gasteiger partial charge in [-0.2, -0.15) is 0 Å². The van der Waals surface area contributed by atoms with Crippen molar-refractivity contribution in [3.8, 4) is 5.69 Å². The molecule has 4 rings (SSSR count). The van der Waals surface area contributed by atoms with E-state index in [0.717, 1.165) is 38.4 Å². The molecule has 2 heterocycles. The molecule has 1 saturated heterocycles. The number of anilines is 1. The molecule has 0 radical (unpaired) electrons. The van der Waals surface area contributed by atoms with Gasteiger partial charge in [-0.25, -0.2) is 13.5 Å². The lowest BCUT2D eigenvalue weighted by molar-refractivity contribution is 0.0942. The minimum absolute atomic E-state index is 0.230. The topological polar surface area (TPSA) is 66.3 Å². The van der Waals surface area contributed by atoms with Gasteiger partial charge in [-0.15, -0.1) is 5.10 Å². The van der Waals surface area contributed by atoms with Crippen LogP contribution in [0.1, 0.15) is 16.2 Å². The maximum absolute atomic E-state index is 13.1. The van der Waals surface area contributed by atoms with Gasteiger partial charge in [0, 0.05) is 45.0 Å². The maximum Gasteiger partial charge on any atom is 0.273 e. The van der Waals surface area contributed by atoms with Crippen molar-refractivity contribution in [2.75, 3.05) is 44.2 Å². The number of halogens is 2. The summed E-state index contributed by atoms with van der Waals surface area (Å²) >= 11 is 0. The summed E-state index contributed by atoms with van der Waals surface area (Å²) in [6, 6.07) is 12.4. The molecule has 1 aliphatic heterocycles. The average molecular weight is 426 g/mol. The van der Waals surface area contributed by atoms with Gasteiger partial charge in [-0.1, -0.05) is 5.21 Å². The van der Waals surface area contributed by atoms with Crippen LogP contribution in [-0.4, -0.2) is 65.1 Å². The van der Waals surface area contributed by atoms with Gasteiger partial charge in [0.2, 0.25) is 0 Å². The predicted molar refractivity (Wildman–Crippen MR) is 113 cm³/mol. The smallest absolute Gasteiger partial charge is 0.273 e. The number of piperazine rings is 1. The van der Waals surface area contributed by atoms with Crippen molar-refractivity contribution in [3.63, 3.8) is 0 Å². The monoisotopic (exact) mass is 426 g/mol. The number of hydrogen-bond acceptors (Lipinski definition) is 5. The molecule has 0 atom stereocenters. The first-order valence-corrected chi connectivity index (χ1v) is 10.2. The Balaban J connectivity index is 1.25. The van der Waals surface area contributed by atoms with Crippen LogP contribution < -0.4 is 10.2 Å². The molecule has 2 aromatic carbocycles. The highest BCUT2D eigenvalue weighted by Crippen LogP contribution is 2.17. The maximum atomic E-state index is 13.1. The molecule has 1 N–H and O–H groups in total. The first-order chi connectivity index (χ1) is 15.0. The first-order valence-electron chi connectivity index (χ1n) is 10.2. The molecule has 0 bridgehead atoms. The highest BCUT2D eigenvalue weighted by atomic mass is 19.1. The van der Waals surface area contributed by atoms with E-state index in [4.69, 9.17) is 0 Å². The second kappa shape index (κ2) is 9.22. The SMILES string of the molecule is Cc1c(C(=O)NCCN2CCN(c3ccc(F)cc3)CC2)nnn1-c1ccc(F)cc1. The molecule has 1 aliphatic rings. The lowest BCUT2D eigenvalue weighted by atomic mass is 10.2. The number of carbonyl (C=O) groups excluding carboxylic acids is 1. The molecular formula is C22H24F2N6O. The average Bonchev–Trinajstić information content (AvgIpc) is 3.17. The molecule has 162 valence electrons. The molecule has 3 aromatic rings. The van der Waals surface area contributed by atoms with Gasteiger partial charge in [0.05, 0.1) is 11.4 Å². The summed E-state index contributed by atoms with van der Waals surface area (Å²) in [4.78, 5) is 17.0. The van der Waals surface area contributed by atoms with Crippen LogP contribution in [0.25, 0.3) is 5.69 Å². The Bertz CT molecular complexity index is 1030. The van der Waals surface area contributed by atoms with Crippen LogP contribution in [0, 0.1) is 18.6 Å². The molecule has 1 fully saturated rings. The molecule has 9 heteroatoms. The number of nitrogens with one attached hydrogen (secondary N) is 1. The third-order valence-electron chi connectivity index (χ3n) is 5.46. The van der Waals surface area contributed by atoms with Gasteiger partial charge in [0.15, 0.2) is 5.69 Å². The minimum Gasteiger partial charge on any atom is -0.369 e. The second-order valence-electron chi connectivity index (χ2n) is 7.47. The summed E-state index contributed by atoms with van der Waals surface area (Å²) in [7, 11) is 0. The van der Waals surface area contributed by atoms with Crippen molar-refractivity contribution in [1.82, 2.24) is 25.2 Å². The highest BCUT2D eigenvalue weighted by Gasteiger charge is 2.19. The van der Waals surface area contributed by atoms with E-state index in [-0.39, 0.29) is 23.2 Å². The number of hydrogen-bond donors (Lipinski definition) is 1. The molecular weight excluding hydrogens is 402 g/mol. The fourth-order valence-corrected chi connectivity index (χ4v) is 3.66. The molecule has 0 unspecified atom stereocenters. The first kappa shape index (κ1) is 20.9. The predicted octanol–water partition coefficient (Wildman–Crippen LogP) is 2.41. The van der Waals surface area contributed by atoms with Gasteiger partial charge in [-0.05, 0) is 55.5 Å². The molecule has 31 heavy (non-hydrogen) atoms. The summed E-state index contributed by atoms with van der Waals surface area (Å²) in [5.41, 5.74) is 2.51. The third kappa shape index (κ3) is 4.88. The van der Waals surface area contributed by atoms with E-state index in [1.807, 2.05) is 0 Å². The van der Waals surface area contributed by atoms with Crippen molar-refractivity contribution in [2.45, 2.75) is 6.92 Å². The number of carbonyl (C=O) groups is 1. The molecule has 1 aromatic heterocycles. The van der Waals surface area contributed by atoms with E-state index in [1.165, 1.54) is 28.9 Å². The third-order valence-corrected chi connectivity index (χ3v) is 5.46. The van der Waals surface area contributed by atoms with Crippen LogP contribution in [0.4, 0.5) is 14.5 Å². The lowest BCUT2D eigenvalue weighted by Gasteiger charge is -2.36. The molecule has 0 saturated carbocycles. The Morgan fingerprint density at radius 3 is 2.13 bits per heavy atom. The Morgan fingerprint density at radius 1 is 0.935 bits per heavy atom. The Kier molecular flexibility index (Phi) is 6.22. The van der Waals surface area contributed by atoms with Crippen LogP contribution in [0.5, 0.6) is 0 Å². The zero-order valence-electron chi connectivity index (χ0n) is 17.3. The number of nitrogens with zero attached hydrogens (tertiary/aromatic N) is 5. The summed E-state index contributed by atoms with van der Waals surface area (Å²) < 4.78 is 27.7. The van der Waals surface area contributed by atoms with Crippen molar-refractivity contribution < 1.29 is 13.6 Å². The van der Waals surface area contributed by atoms with Gasteiger partial charge in [0.1, 0.15) is 11.6 Å². The van der Waals surface area contributed by atoms with Gasteiger partial charge < -0.3 is 10.2 Å². The minimum atomic E-state index is -0.335. The van der Waals surface area contributed by atoms with Gasteiger partial charge in [0.25, 0.3) is 5.91 Å². The van der Waals surface area contributed by atoms with E-state index in [1.54, 1.807) is 31.2 Å². The fraction of sp³-hybridized carbons (Fsp3) is 0.318. The largest absolute Gasteiger partial charge is 0.369 e. The number of benzene rings is 2. The summed E-state index contributed by atoms with van der Waals surface area (Å²) in [5, 5.41) is 10.9. The summed E-state index contributed by atoms with van der Waals surface area (Å²) in [5.74, 6) is -0.847. The number of amides is 1. The van der Waals surface area contributed by atoms with Gasteiger partial charge in [-0.3, -0.25) is 9.69 Å². The van der Waals surface area contributed by atoms with E-state index < -0.39 is 0 Å². The van der Waals surface area contributed by atoms with E-state index in [9.17, 15) is 13.6 Å². The van der Waals surface area contributed by atoms with Crippen molar-refractivity contribution in [2.24, 2.45) is 0 Å². The van der Waals surface area contributed by atoms with E-state index in [0.29, 0.717) is 17.9 Å². The zero-order valence-corrected chi connectivity index (χ0v) is 17.3. The second-order valence-corrected chi connectivity index (χ2v) is 7.47. The number of rotatable bonds is 6. The standard InChI is InChI=1S/C22H24F2N6O/c1-16-21(26-27-30(16)20-8-4-18(24)5-9-20)22(31)25-10-11-28-12-14-29(15-13-28)19-6-2-17(23)3-7-19/h2-9H,10-15H2,1H3,(H,25,31). The van der Waals surface area contributed by atoms with Crippen LogP contribution in [-0.2, 0) is 0 Å². The zero-order chi connectivity index (χ0) is 21.8. The molecule has 0 aliphatic carbocycles. The molecule has 0 spiro atoms. The summed E-state index contributed by atoms with van der Waals surface area (Å²) in [6.07, 6.45) is 0. The van der Waals surface area contributed by atoms with E-state index >= 15 is 0 Å². The van der Waals surface area contributed by atoms with Gasteiger partial charge >= 0.3 is 0 Å². The van der Waals surface area contributed by atoms with Crippen LogP contribution >= 0.6 is 0 Å². The molecule has 1 amide bonds. The Morgan fingerprint density at radius 2 is 1.52 bits per heavy atom. The Labute approximate surface area is 179 Å². The van der Waals surface area contributed by atoms with Crippen molar-refractivity contribution >= 4 is 11.6 Å². The quantitative estimate of drug-likeness (QED) is 0.656. The van der Waals surface area contributed by atoms with E-state index in [2.05, 4.69) is 25.4 Å².